The van der Waals surface area contributed by atoms with Crippen LogP contribution in [0, 0.1) is 20.8 Å². The Morgan fingerprint density at radius 3 is 2.39 bits per heavy atom. The molecule has 168 valence electrons. The van der Waals surface area contributed by atoms with Crippen LogP contribution in [0.2, 0.25) is 5.02 Å². The van der Waals surface area contributed by atoms with Crippen LogP contribution >= 0.6 is 11.6 Å². The second kappa shape index (κ2) is 11.8. The lowest BCUT2D eigenvalue weighted by Crippen LogP contribution is -2.50. The highest BCUT2D eigenvalue weighted by atomic mass is 35.5. The number of ether oxygens (including phenoxy) is 1. The molecule has 0 radical (unpaired) electrons. The second-order valence-electron chi connectivity index (χ2n) is 7.86. The highest BCUT2D eigenvalue weighted by Crippen LogP contribution is 2.24. The second-order valence-corrected chi connectivity index (χ2v) is 8.29. The zero-order chi connectivity index (χ0) is 23.0. The lowest BCUT2D eigenvalue weighted by Gasteiger charge is -2.30. The summed E-state index contributed by atoms with van der Waals surface area (Å²) in [4.78, 5) is 27.6. The van der Waals surface area contributed by atoms with Crippen LogP contribution in [0.15, 0.2) is 36.4 Å². The van der Waals surface area contributed by atoms with Crippen molar-refractivity contribution in [1.82, 2.24) is 10.2 Å². The summed E-state index contributed by atoms with van der Waals surface area (Å²) >= 11 is 6.00. The maximum Gasteiger partial charge on any atom is 0.261 e. The first-order valence-electron chi connectivity index (χ1n) is 10.8. The SMILES string of the molecule is CCCNC(=O)[C@H](CC)N(Cc1ccc(Cl)cc1)C(=O)COc1cc(C)cc(C)c1C. The molecule has 2 aromatic carbocycles. The molecule has 0 fully saturated rings. The van der Waals surface area contributed by atoms with Gasteiger partial charge in [0.05, 0.1) is 0 Å². The van der Waals surface area contributed by atoms with Crippen LogP contribution in [0.3, 0.4) is 0 Å². The maximum absolute atomic E-state index is 13.2. The molecule has 0 spiro atoms. The molecule has 0 aromatic heterocycles. The summed E-state index contributed by atoms with van der Waals surface area (Å²) < 4.78 is 5.91. The fourth-order valence-electron chi connectivity index (χ4n) is 3.45. The average molecular weight is 445 g/mol. The molecule has 1 N–H and O–H groups in total. The Hall–Kier alpha value is -2.53. The normalized spacial score (nSPS) is 11.7. The first kappa shape index (κ1) is 24.7. The standard InChI is InChI=1S/C25H33ClN2O3/c1-6-12-27-25(30)22(7-2)28(15-20-8-10-21(26)11-9-20)24(29)16-31-23-14-17(3)13-18(4)19(23)5/h8-11,13-14,22H,6-7,12,15-16H2,1-5H3,(H,27,30)/t22-/m0/s1. The fourth-order valence-corrected chi connectivity index (χ4v) is 3.57. The first-order valence-corrected chi connectivity index (χ1v) is 11.2. The first-order chi connectivity index (χ1) is 14.8. The van der Waals surface area contributed by atoms with Gasteiger partial charge in [0.2, 0.25) is 5.91 Å². The van der Waals surface area contributed by atoms with Crippen LogP contribution in [0.25, 0.3) is 0 Å². The van der Waals surface area contributed by atoms with E-state index in [1.54, 1.807) is 17.0 Å². The van der Waals surface area contributed by atoms with Crippen LogP contribution in [0.1, 0.15) is 48.9 Å². The van der Waals surface area contributed by atoms with Gasteiger partial charge in [0.1, 0.15) is 11.8 Å². The lowest BCUT2D eigenvalue weighted by atomic mass is 10.1. The van der Waals surface area contributed by atoms with Crippen molar-refractivity contribution in [2.24, 2.45) is 0 Å². The topological polar surface area (TPSA) is 58.6 Å². The summed E-state index contributed by atoms with van der Waals surface area (Å²) in [5.41, 5.74) is 4.11. The largest absolute Gasteiger partial charge is 0.483 e. The Morgan fingerprint density at radius 1 is 1.10 bits per heavy atom. The monoisotopic (exact) mass is 444 g/mol. The van der Waals surface area contributed by atoms with Gasteiger partial charge in [0.25, 0.3) is 5.91 Å². The van der Waals surface area contributed by atoms with Crippen molar-refractivity contribution in [2.75, 3.05) is 13.2 Å². The number of carbonyl (C=O) groups excluding carboxylic acids is 2. The van der Waals surface area contributed by atoms with E-state index in [4.69, 9.17) is 16.3 Å². The number of hydrogen-bond donors (Lipinski definition) is 1. The number of rotatable bonds is 10. The van der Waals surface area contributed by atoms with Gasteiger partial charge in [-0.3, -0.25) is 9.59 Å². The predicted octanol–water partition coefficient (Wildman–Crippen LogP) is 4.98. The molecule has 6 heteroatoms. The molecule has 0 bridgehead atoms. The van der Waals surface area contributed by atoms with Crippen LogP contribution in [-0.4, -0.2) is 35.9 Å². The molecular formula is C25H33ClN2O3. The number of nitrogens with one attached hydrogen (secondary N) is 1. The Labute approximate surface area is 190 Å². The lowest BCUT2D eigenvalue weighted by molar-refractivity contribution is -0.143. The highest BCUT2D eigenvalue weighted by Gasteiger charge is 2.28. The Morgan fingerprint density at radius 2 is 1.77 bits per heavy atom. The third-order valence-electron chi connectivity index (χ3n) is 5.32. The number of benzene rings is 2. The third-order valence-corrected chi connectivity index (χ3v) is 5.57. The third kappa shape index (κ3) is 7.00. The molecule has 0 aliphatic rings. The van der Waals surface area contributed by atoms with Gasteiger partial charge in [0, 0.05) is 18.1 Å². The van der Waals surface area contributed by atoms with Crippen LogP contribution in [-0.2, 0) is 16.1 Å². The molecule has 0 aliphatic carbocycles. The summed E-state index contributed by atoms with van der Waals surface area (Å²) in [5, 5.41) is 3.54. The van der Waals surface area contributed by atoms with Gasteiger partial charge in [0.15, 0.2) is 6.61 Å². The minimum Gasteiger partial charge on any atom is -0.483 e. The molecule has 1 atom stereocenters. The number of hydrogen-bond acceptors (Lipinski definition) is 3. The predicted molar refractivity (Wildman–Crippen MR) is 126 cm³/mol. The van der Waals surface area contributed by atoms with E-state index in [0.29, 0.717) is 30.3 Å². The number of carbonyl (C=O) groups is 2. The van der Waals surface area contributed by atoms with Crippen molar-refractivity contribution >= 4 is 23.4 Å². The number of amides is 2. The summed E-state index contributed by atoms with van der Waals surface area (Å²) in [6, 6.07) is 10.8. The Bertz CT molecular complexity index is 896. The van der Waals surface area contributed by atoms with Crippen molar-refractivity contribution in [3.63, 3.8) is 0 Å². The molecule has 0 heterocycles. The van der Waals surface area contributed by atoms with Gasteiger partial charge in [-0.25, -0.2) is 0 Å². The van der Waals surface area contributed by atoms with Crippen LogP contribution in [0.4, 0.5) is 0 Å². The Kier molecular flexibility index (Phi) is 9.38. The smallest absolute Gasteiger partial charge is 0.261 e. The van der Waals surface area contributed by atoms with Crippen molar-refractivity contribution < 1.29 is 14.3 Å². The minimum atomic E-state index is -0.571. The molecule has 2 rings (SSSR count). The zero-order valence-electron chi connectivity index (χ0n) is 19.1. The number of halogens is 1. The Balaban J connectivity index is 2.24. The van der Waals surface area contributed by atoms with Gasteiger partial charge >= 0.3 is 0 Å². The van der Waals surface area contributed by atoms with E-state index >= 15 is 0 Å². The van der Waals surface area contributed by atoms with Gasteiger partial charge in [-0.15, -0.1) is 0 Å². The van der Waals surface area contributed by atoms with Crippen molar-refractivity contribution in [1.29, 1.82) is 0 Å². The fraction of sp³-hybridized carbons (Fsp3) is 0.440. The van der Waals surface area contributed by atoms with Crippen molar-refractivity contribution in [3.05, 3.63) is 63.7 Å². The molecule has 0 unspecified atom stereocenters. The molecular weight excluding hydrogens is 412 g/mol. The van der Waals surface area contributed by atoms with E-state index in [2.05, 4.69) is 11.4 Å². The van der Waals surface area contributed by atoms with Crippen LogP contribution < -0.4 is 10.1 Å². The van der Waals surface area contributed by atoms with Gasteiger partial charge in [-0.05, 0) is 74.1 Å². The van der Waals surface area contributed by atoms with Crippen LogP contribution in [0.5, 0.6) is 5.75 Å². The molecule has 0 saturated carbocycles. The van der Waals surface area contributed by atoms with Crippen molar-refractivity contribution in [2.45, 2.75) is 60.0 Å². The molecule has 5 nitrogen and oxygen atoms in total. The summed E-state index contributed by atoms with van der Waals surface area (Å²) in [5.74, 6) is 0.321. The van der Waals surface area contributed by atoms with Crippen molar-refractivity contribution in [3.8, 4) is 5.75 Å². The molecule has 2 aromatic rings. The van der Waals surface area contributed by atoms with E-state index in [1.165, 1.54) is 0 Å². The number of aryl methyl sites for hydroxylation is 2. The molecule has 0 saturated heterocycles. The van der Waals surface area contributed by atoms with E-state index in [9.17, 15) is 9.59 Å². The molecule has 0 aliphatic heterocycles. The maximum atomic E-state index is 13.2. The highest BCUT2D eigenvalue weighted by molar-refractivity contribution is 6.30. The zero-order valence-corrected chi connectivity index (χ0v) is 19.9. The average Bonchev–Trinajstić information content (AvgIpc) is 2.74. The van der Waals surface area contributed by atoms with E-state index in [-0.39, 0.29) is 18.4 Å². The molecule has 2 amide bonds. The number of nitrogens with zero attached hydrogens (tertiary/aromatic N) is 1. The van der Waals surface area contributed by atoms with E-state index in [1.807, 2.05) is 52.8 Å². The molecule has 31 heavy (non-hydrogen) atoms. The summed E-state index contributed by atoms with van der Waals surface area (Å²) in [6.45, 7) is 10.7. The van der Waals surface area contributed by atoms with E-state index < -0.39 is 6.04 Å². The minimum absolute atomic E-state index is 0.130. The van der Waals surface area contributed by atoms with E-state index in [0.717, 1.165) is 28.7 Å². The van der Waals surface area contributed by atoms with Gasteiger partial charge in [-0.2, -0.15) is 0 Å². The summed E-state index contributed by atoms with van der Waals surface area (Å²) in [7, 11) is 0. The van der Waals surface area contributed by atoms with Gasteiger partial charge < -0.3 is 15.0 Å². The quantitative estimate of drug-likeness (QED) is 0.562. The van der Waals surface area contributed by atoms with Gasteiger partial charge in [-0.1, -0.05) is 43.6 Å². The summed E-state index contributed by atoms with van der Waals surface area (Å²) in [6.07, 6.45) is 1.35.